The van der Waals surface area contributed by atoms with Gasteiger partial charge < -0.3 is 14.5 Å². The van der Waals surface area contributed by atoms with Gasteiger partial charge in [0.25, 0.3) is 10.1 Å². The second kappa shape index (κ2) is 8.99. The Morgan fingerprint density at radius 1 is 1.04 bits per heavy atom. The second-order valence-corrected chi connectivity index (χ2v) is 9.97. The van der Waals surface area contributed by atoms with E-state index in [2.05, 4.69) is 0 Å². The molecular weight excluding hydrogens is 391 g/mol. The molecule has 2 aromatic rings. The maximum atomic E-state index is 11.6. The van der Waals surface area contributed by atoms with Crippen LogP contribution in [0, 0.1) is 0 Å². The molecule has 0 aromatic heterocycles. The van der Waals surface area contributed by atoms with E-state index in [1.807, 2.05) is 19.1 Å². The number of aryl methyl sites for hydroxylation is 1. The molecule has 2 unspecified atom stereocenters. The Labute approximate surface area is 158 Å². The lowest BCUT2D eigenvalue weighted by Gasteiger charge is -2.24. The Kier molecular flexibility index (Phi) is 7.19. The summed E-state index contributed by atoms with van der Waals surface area (Å²) in [6.45, 7) is 1.97. The van der Waals surface area contributed by atoms with Crippen molar-refractivity contribution < 1.29 is 32.1 Å². The third-order valence-corrected chi connectivity index (χ3v) is 7.56. The van der Waals surface area contributed by atoms with E-state index in [0.717, 1.165) is 17.5 Å². The molecule has 0 bridgehead atoms. The fourth-order valence-electron chi connectivity index (χ4n) is 2.74. The van der Waals surface area contributed by atoms with Crippen molar-refractivity contribution in [2.45, 2.75) is 37.3 Å². The highest BCUT2D eigenvalue weighted by Gasteiger charge is 2.42. The number of rotatable bonds is 9. The monoisotopic (exact) mass is 414 g/mol. The molecule has 0 aliphatic rings. The van der Waals surface area contributed by atoms with Crippen molar-refractivity contribution in [2.24, 2.45) is 0 Å². The van der Waals surface area contributed by atoms with Gasteiger partial charge in [0.1, 0.15) is 11.9 Å². The van der Waals surface area contributed by atoms with Crippen LogP contribution in [0.15, 0.2) is 54.6 Å². The fraction of sp³-hybridized carbons (Fsp3) is 0.333. The lowest BCUT2D eigenvalue weighted by Crippen LogP contribution is -2.30. The van der Waals surface area contributed by atoms with Gasteiger partial charge in [0.05, 0.1) is 0 Å². The van der Waals surface area contributed by atoms with Crippen LogP contribution in [-0.2, 0) is 27.5 Å². The first kappa shape index (κ1) is 21.6. The lowest BCUT2D eigenvalue weighted by atomic mass is 10.1. The molecule has 0 spiro atoms. The second-order valence-electron chi connectivity index (χ2n) is 6.22. The quantitative estimate of drug-likeness (QED) is 0.426. The Morgan fingerprint density at radius 2 is 1.67 bits per heavy atom. The molecule has 0 aliphatic heterocycles. The zero-order chi connectivity index (χ0) is 20.1. The average Bonchev–Trinajstić information content (AvgIpc) is 2.58. The van der Waals surface area contributed by atoms with E-state index in [0.29, 0.717) is 5.75 Å². The smallest absolute Gasteiger partial charge is 0.346 e. The first-order valence-corrected chi connectivity index (χ1v) is 11.6. The van der Waals surface area contributed by atoms with Crippen LogP contribution in [0.4, 0.5) is 0 Å². The molecule has 0 amide bonds. The highest BCUT2D eigenvalue weighted by atomic mass is 32.2. The van der Waals surface area contributed by atoms with Gasteiger partial charge in [0, 0.05) is 12.8 Å². The van der Waals surface area contributed by atoms with E-state index < -0.39 is 35.2 Å². The molecule has 148 valence electrons. The Bertz CT molecular complexity index is 893. The molecule has 2 aromatic carbocycles. The molecule has 0 radical (unpaired) electrons. The van der Waals surface area contributed by atoms with Crippen molar-refractivity contribution in [3.05, 3.63) is 65.7 Å². The first-order valence-electron chi connectivity index (χ1n) is 8.40. The zero-order valence-corrected chi connectivity index (χ0v) is 16.5. The van der Waals surface area contributed by atoms with Gasteiger partial charge in [-0.05, 0) is 29.7 Å². The third kappa shape index (κ3) is 6.75. The van der Waals surface area contributed by atoms with Crippen LogP contribution >= 0.6 is 7.60 Å². The summed E-state index contributed by atoms with van der Waals surface area (Å²) in [6, 6.07) is 16.2. The maximum Gasteiger partial charge on any atom is 0.346 e. The predicted molar refractivity (Wildman–Crippen MR) is 102 cm³/mol. The van der Waals surface area contributed by atoms with E-state index in [1.54, 1.807) is 42.5 Å². The third-order valence-electron chi connectivity index (χ3n) is 4.10. The summed E-state index contributed by atoms with van der Waals surface area (Å²) >= 11 is 0. The van der Waals surface area contributed by atoms with Gasteiger partial charge in [-0.25, -0.2) is 0 Å². The lowest BCUT2D eigenvalue weighted by molar-refractivity contribution is 0.190. The zero-order valence-electron chi connectivity index (χ0n) is 14.8. The van der Waals surface area contributed by atoms with Crippen LogP contribution in [0.5, 0.6) is 5.75 Å². The molecule has 3 N–H and O–H groups in total. The van der Waals surface area contributed by atoms with Crippen LogP contribution in [0.1, 0.15) is 24.5 Å². The minimum atomic E-state index is -5.09. The van der Waals surface area contributed by atoms with Crippen molar-refractivity contribution in [3.63, 3.8) is 0 Å². The van der Waals surface area contributed by atoms with Crippen molar-refractivity contribution in [2.75, 3.05) is 0 Å². The first-order chi connectivity index (χ1) is 12.6. The standard InChI is InChI=1S/C18H23O7PS/c1-2-14-9-6-10-16(11-14)25-17(12-15-7-4-3-5-8-15)13-18(26(19,20)21)27(22,23)24/h3-11,17-18H,2,12-13H2,1H3,(H2,19,20,21)(H,22,23,24). The van der Waals surface area contributed by atoms with Gasteiger partial charge in [-0.1, -0.05) is 49.4 Å². The summed E-state index contributed by atoms with van der Waals surface area (Å²) in [7, 11) is -10.1. The van der Waals surface area contributed by atoms with Gasteiger partial charge in [-0.15, -0.1) is 0 Å². The van der Waals surface area contributed by atoms with Crippen LogP contribution in [0.25, 0.3) is 0 Å². The van der Waals surface area contributed by atoms with Crippen molar-refractivity contribution in [1.29, 1.82) is 0 Å². The average molecular weight is 414 g/mol. The van der Waals surface area contributed by atoms with E-state index in [1.165, 1.54) is 0 Å². The van der Waals surface area contributed by atoms with Crippen LogP contribution in [-0.4, -0.2) is 33.9 Å². The van der Waals surface area contributed by atoms with Crippen LogP contribution in [0.2, 0.25) is 0 Å². The van der Waals surface area contributed by atoms with Gasteiger partial charge in [0.2, 0.25) is 0 Å². The van der Waals surface area contributed by atoms with E-state index in [-0.39, 0.29) is 6.42 Å². The Hall–Kier alpha value is -1.70. The van der Waals surface area contributed by atoms with Crippen LogP contribution in [0.3, 0.4) is 0 Å². The molecule has 0 saturated carbocycles. The number of ether oxygens (including phenoxy) is 1. The number of hydrogen-bond acceptors (Lipinski definition) is 4. The Balaban J connectivity index is 2.32. The topological polar surface area (TPSA) is 121 Å². The molecule has 0 heterocycles. The van der Waals surface area contributed by atoms with Crippen LogP contribution < -0.4 is 4.74 Å². The fourth-order valence-corrected chi connectivity index (χ4v) is 5.09. The summed E-state index contributed by atoms with van der Waals surface area (Å²) in [5.41, 5.74) is 1.82. The molecule has 27 heavy (non-hydrogen) atoms. The SMILES string of the molecule is CCc1cccc(OC(Cc2ccccc2)CC(P(=O)(O)O)S(=O)(=O)O)c1. The minimum absolute atomic E-state index is 0.225. The molecule has 9 heteroatoms. The van der Waals surface area contributed by atoms with Gasteiger partial charge in [0.15, 0.2) is 4.99 Å². The van der Waals surface area contributed by atoms with Crippen molar-refractivity contribution in [1.82, 2.24) is 0 Å². The maximum absolute atomic E-state index is 11.6. The summed E-state index contributed by atoms with van der Waals surface area (Å²) < 4.78 is 49.8. The van der Waals surface area contributed by atoms with Gasteiger partial charge in [-0.3, -0.25) is 9.12 Å². The van der Waals surface area contributed by atoms with E-state index in [9.17, 15) is 27.3 Å². The molecule has 7 nitrogen and oxygen atoms in total. The van der Waals surface area contributed by atoms with Crippen molar-refractivity contribution >= 4 is 17.7 Å². The molecule has 2 rings (SSSR count). The number of benzene rings is 2. The van der Waals surface area contributed by atoms with Gasteiger partial charge in [-0.2, -0.15) is 8.42 Å². The summed E-state index contributed by atoms with van der Waals surface area (Å²) in [5.74, 6) is 0.468. The highest BCUT2D eigenvalue weighted by molar-refractivity contribution is 7.93. The van der Waals surface area contributed by atoms with Gasteiger partial charge >= 0.3 is 7.60 Å². The summed E-state index contributed by atoms with van der Waals surface area (Å²) in [4.78, 5) is 16.5. The normalized spacial score (nSPS) is 14.5. The molecule has 0 saturated heterocycles. The molecular formula is C18H23O7PS. The largest absolute Gasteiger partial charge is 0.490 e. The summed E-state index contributed by atoms with van der Waals surface area (Å²) in [6.07, 6.45) is -0.409. The molecule has 0 aliphatic carbocycles. The molecule has 2 atom stereocenters. The predicted octanol–water partition coefficient (Wildman–Crippen LogP) is 3.02. The van der Waals surface area contributed by atoms with E-state index >= 15 is 0 Å². The Morgan fingerprint density at radius 3 is 2.22 bits per heavy atom. The number of hydrogen-bond donors (Lipinski definition) is 3. The highest BCUT2D eigenvalue weighted by Crippen LogP contribution is 2.46. The van der Waals surface area contributed by atoms with Crippen molar-refractivity contribution in [3.8, 4) is 5.75 Å². The summed E-state index contributed by atoms with van der Waals surface area (Å²) in [5, 5.41) is 0. The molecule has 0 fully saturated rings. The van der Waals surface area contributed by atoms with E-state index in [4.69, 9.17) is 4.74 Å². The minimum Gasteiger partial charge on any atom is -0.490 e.